The topological polar surface area (TPSA) is 92.5 Å². The van der Waals surface area contributed by atoms with Crippen molar-refractivity contribution in [1.82, 2.24) is 14.8 Å². The lowest BCUT2D eigenvalue weighted by Gasteiger charge is -2.32. The van der Waals surface area contributed by atoms with Crippen LogP contribution in [-0.2, 0) is 10.0 Å². The predicted molar refractivity (Wildman–Crippen MR) is 81.9 cm³/mol. The molecular formula is C14H23N3O4S. The summed E-state index contributed by atoms with van der Waals surface area (Å²) in [4.78, 5) is 14.0. The number of carbonyl (C=O) groups excluding carboxylic acids is 1. The van der Waals surface area contributed by atoms with Gasteiger partial charge >= 0.3 is 0 Å². The second kappa shape index (κ2) is 6.78. The maximum absolute atomic E-state index is 12.3. The highest BCUT2D eigenvalue weighted by Crippen LogP contribution is 2.19. The summed E-state index contributed by atoms with van der Waals surface area (Å²) < 4.78 is 31.2. The second-order valence-corrected chi connectivity index (χ2v) is 8.36. The molecule has 1 N–H and O–H groups in total. The number of aryl methyl sites for hydroxylation is 1. The quantitative estimate of drug-likeness (QED) is 0.875. The zero-order valence-corrected chi connectivity index (χ0v) is 14.0. The molecule has 1 aromatic heterocycles. The molecule has 1 aliphatic rings. The third-order valence-electron chi connectivity index (χ3n) is 3.84. The van der Waals surface area contributed by atoms with Crippen LogP contribution in [0.3, 0.4) is 0 Å². The number of nitrogens with one attached hydrogen (secondary N) is 1. The fourth-order valence-corrected chi connectivity index (χ4v) is 3.24. The van der Waals surface area contributed by atoms with Gasteiger partial charge in [-0.3, -0.25) is 4.79 Å². The van der Waals surface area contributed by atoms with Gasteiger partial charge in [0, 0.05) is 25.7 Å². The Hall–Kier alpha value is -1.41. The first-order valence-corrected chi connectivity index (χ1v) is 9.05. The average molecular weight is 329 g/mol. The van der Waals surface area contributed by atoms with Crippen molar-refractivity contribution in [2.45, 2.75) is 38.9 Å². The van der Waals surface area contributed by atoms with Crippen LogP contribution in [0.25, 0.3) is 0 Å². The molecule has 0 radical (unpaired) electrons. The SMILES string of the molecule is Cc1cc(C(=O)N2CCCC(CNS(=O)(=O)C(C)C)C2)on1. The van der Waals surface area contributed by atoms with Crippen LogP contribution in [0, 0.1) is 12.8 Å². The molecule has 0 bridgehead atoms. The molecule has 1 fully saturated rings. The third kappa shape index (κ3) is 4.07. The van der Waals surface area contributed by atoms with Gasteiger partial charge in [0.25, 0.3) is 5.91 Å². The molecule has 1 atom stereocenters. The lowest BCUT2D eigenvalue weighted by atomic mass is 9.98. The predicted octanol–water partition coefficient (Wildman–Crippen LogP) is 1.16. The molecule has 2 heterocycles. The minimum atomic E-state index is -3.27. The Kier molecular flexibility index (Phi) is 5.23. The fraction of sp³-hybridized carbons (Fsp3) is 0.714. The van der Waals surface area contributed by atoms with E-state index >= 15 is 0 Å². The monoisotopic (exact) mass is 329 g/mol. The highest BCUT2D eigenvalue weighted by molar-refractivity contribution is 7.90. The standard InChI is InChI=1S/C14H23N3O4S/c1-10(2)22(19,20)15-8-12-5-4-6-17(9-12)14(18)13-7-11(3)16-21-13/h7,10,12,15H,4-6,8-9H2,1-3H3. The van der Waals surface area contributed by atoms with Crippen LogP contribution >= 0.6 is 0 Å². The van der Waals surface area contributed by atoms with Gasteiger partial charge in [0.15, 0.2) is 0 Å². The summed E-state index contributed by atoms with van der Waals surface area (Å²) in [5.41, 5.74) is 0.668. The number of nitrogens with zero attached hydrogens (tertiary/aromatic N) is 2. The van der Waals surface area contributed by atoms with Crippen LogP contribution in [0.5, 0.6) is 0 Å². The third-order valence-corrected chi connectivity index (χ3v) is 5.65. The minimum Gasteiger partial charge on any atom is -0.351 e. The Morgan fingerprint density at radius 2 is 2.27 bits per heavy atom. The normalized spacial score (nSPS) is 19.6. The summed E-state index contributed by atoms with van der Waals surface area (Å²) in [6.07, 6.45) is 1.76. The van der Waals surface area contributed by atoms with E-state index in [9.17, 15) is 13.2 Å². The van der Waals surface area contributed by atoms with Gasteiger partial charge in [0.05, 0.1) is 10.9 Å². The number of amides is 1. The molecule has 0 aromatic carbocycles. The van der Waals surface area contributed by atoms with Gasteiger partial charge < -0.3 is 9.42 Å². The van der Waals surface area contributed by atoms with Crippen molar-refractivity contribution < 1.29 is 17.7 Å². The Balaban J connectivity index is 1.93. The molecular weight excluding hydrogens is 306 g/mol. The van der Waals surface area contributed by atoms with Crippen molar-refractivity contribution in [2.75, 3.05) is 19.6 Å². The van der Waals surface area contributed by atoms with Crippen molar-refractivity contribution in [3.05, 3.63) is 17.5 Å². The zero-order valence-electron chi connectivity index (χ0n) is 13.2. The number of carbonyl (C=O) groups is 1. The maximum atomic E-state index is 12.3. The van der Waals surface area contributed by atoms with Gasteiger partial charge in [0.1, 0.15) is 0 Å². The lowest BCUT2D eigenvalue weighted by molar-refractivity contribution is 0.0634. The number of sulfonamides is 1. The van der Waals surface area contributed by atoms with Crippen LogP contribution < -0.4 is 4.72 Å². The van der Waals surface area contributed by atoms with Crippen molar-refractivity contribution in [3.63, 3.8) is 0 Å². The molecule has 0 aliphatic carbocycles. The second-order valence-electron chi connectivity index (χ2n) is 6.03. The number of hydrogen-bond acceptors (Lipinski definition) is 5. The Morgan fingerprint density at radius 3 is 2.86 bits per heavy atom. The van der Waals surface area contributed by atoms with Crippen molar-refractivity contribution >= 4 is 15.9 Å². The smallest absolute Gasteiger partial charge is 0.292 e. The molecule has 1 saturated heterocycles. The maximum Gasteiger partial charge on any atom is 0.292 e. The number of piperidine rings is 1. The summed E-state index contributed by atoms with van der Waals surface area (Å²) in [7, 11) is -3.27. The Bertz CT molecular complexity index is 624. The number of aromatic nitrogens is 1. The molecule has 8 heteroatoms. The van der Waals surface area contributed by atoms with Crippen molar-refractivity contribution in [3.8, 4) is 0 Å². The van der Waals surface area contributed by atoms with E-state index in [1.807, 2.05) is 0 Å². The molecule has 1 amide bonds. The largest absolute Gasteiger partial charge is 0.351 e. The highest BCUT2D eigenvalue weighted by Gasteiger charge is 2.27. The summed E-state index contributed by atoms with van der Waals surface area (Å²) in [6, 6.07) is 1.62. The van der Waals surface area contributed by atoms with Crippen LogP contribution in [0.4, 0.5) is 0 Å². The molecule has 0 spiro atoms. The van der Waals surface area contributed by atoms with Gasteiger partial charge in [-0.25, -0.2) is 13.1 Å². The lowest BCUT2D eigenvalue weighted by Crippen LogP contribution is -2.44. The Labute approximate surface area is 131 Å². The van der Waals surface area contributed by atoms with Crippen LogP contribution in [0.15, 0.2) is 10.6 Å². The van der Waals surface area contributed by atoms with E-state index in [0.717, 1.165) is 12.8 Å². The van der Waals surface area contributed by atoms with E-state index < -0.39 is 15.3 Å². The first-order valence-electron chi connectivity index (χ1n) is 7.50. The van der Waals surface area contributed by atoms with E-state index in [-0.39, 0.29) is 17.6 Å². The summed E-state index contributed by atoms with van der Waals surface area (Å²) in [5.74, 6) is 0.174. The van der Waals surface area contributed by atoms with Gasteiger partial charge in [0.2, 0.25) is 15.8 Å². The van der Waals surface area contributed by atoms with E-state index in [2.05, 4.69) is 9.88 Å². The molecule has 1 unspecified atom stereocenters. The average Bonchev–Trinajstić information content (AvgIpc) is 2.91. The molecule has 2 rings (SSSR count). The van der Waals surface area contributed by atoms with E-state index in [1.165, 1.54) is 0 Å². The molecule has 1 aromatic rings. The summed E-state index contributed by atoms with van der Waals surface area (Å²) >= 11 is 0. The Morgan fingerprint density at radius 1 is 1.55 bits per heavy atom. The fourth-order valence-electron chi connectivity index (χ4n) is 2.44. The number of rotatable bonds is 5. The van der Waals surface area contributed by atoms with Crippen molar-refractivity contribution in [2.24, 2.45) is 5.92 Å². The van der Waals surface area contributed by atoms with Gasteiger partial charge in [-0.1, -0.05) is 5.16 Å². The van der Waals surface area contributed by atoms with Crippen molar-refractivity contribution in [1.29, 1.82) is 0 Å². The van der Waals surface area contributed by atoms with E-state index in [1.54, 1.807) is 31.7 Å². The number of hydrogen-bond donors (Lipinski definition) is 1. The van der Waals surface area contributed by atoms with Gasteiger partial charge in [-0.2, -0.15) is 0 Å². The summed E-state index contributed by atoms with van der Waals surface area (Å²) in [5, 5.41) is 3.27. The minimum absolute atomic E-state index is 0.121. The molecule has 1 aliphatic heterocycles. The highest BCUT2D eigenvalue weighted by atomic mass is 32.2. The van der Waals surface area contributed by atoms with Crippen LogP contribution in [0.2, 0.25) is 0 Å². The van der Waals surface area contributed by atoms with E-state index in [0.29, 0.717) is 25.3 Å². The molecule has 7 nitrogen and oxygen atoms in total. The summed E-state index contributed by atoms with van der Waals surface area (Å²) in [6.45, 7) is 6.60. The van der Waals surface area contributed by atoms with Gasteiger partial charge in [-0.05, 0) is 39.5 Å². The van der Waals surface area contributed by atoms with E-state index in [4.69, 9.17) is 4.52 Å². The molecule has 22 heavy (non-hydrogen) atoms. The van der Waals surface area contributed by atoms with Gasteiger partial charge in [-0.15, -0.1) is 0 Å². The molecule has 124 valence electrons. The first-order chi connectivity index (χ1) is 10.3. The first kappa shape index (κ1) is 17.0. The molecule has 0 saturated carbocycles. The van der Waals surface area contributed by atoms with Crippen LogP contribution in [-0.4, -0.2) is 49.3 Å². The number of likely N-dealkylation sites (tertiary alicyclic amines) is 1. The zero-order chi connectivity index (χ0) is 16.3. The van der Waals surface area contributed by atoms with Crippen LogP contribution in [0.1, 0.15) is 42.9 Å².